The number of carbonyl (C=O) groups excluding carboxylic acids is 1. The van der Waals surface area contributed by atoms with E-state index >= 15 is 0 Å². The van der Waals surface area contributed by atoms with Gasteiger partial charge >= 0.3 is 0 Å². The van der Waals surface area contributed by atoms with Crippen molar-refractivity contribution >= 4 is 5.91 Å². The van der Waals surface area contributed by atoms with Gasteiger partial charge in [-0.25, -0.2) is 4.39 Å². The maximum atomic E-state index is 12.8. The molecule has 0 saturated carbocycles. The van der Waals surface area contributed by atoms with E-state index in [1.165, 1.54) is 12.1 Å². The van der Waals surface area contributed by atoms with Gasteiger partial charge in [-0.1, -0.05) is 17.3 Å². The predicted octanol–water partition coefficient (Wildman–Crippen LogP) is 3.18. The molecule has 140 valence electrons. The summed E-state index contributed by atoms with van der Waals surface area (Å²) in [4.78, 5) is 16.2. The molecule has 7 heteroatoms. The number of aromatic nitrogens is 2. The highest BCUT2D eigenvalue weighted by molar-refractivity contribution is 5.76. The summed E-state index contributed by atoms with van der Waals surface area (Å²) >= 11 is 0. The number of nitrogens with zero attached hydrogens (tertiary/aromatic N) is 2. The molecule has 1 heterocycles. The van der Waals surface area contributed by atoms with Crippen molar-refractivity contribution in [2.24, 2.45) is 0 Å². The number of rotatable bonds is 8. The average Bonchev–Trinajstić information content (AvgIpc) is 3.17. The normalized spacial score (nSPS) is 10.6. The van der Waals surface area contributed by atoms with Gasteiger partial charge in [0.05, 0.1) is 7.11 Å². The molecule has 0 radical (unpaired) electrons. The van der Waals surface area contributed by atoms with Crippen LogP contribution < -0.4 is 10.1 Å². The highest BCUT2D eigenvalue weighted by Crippen LogP contribution is 2.19. The lowest BCUT2D eigenvalue weighted by Gasteiger charge is -2.04. The largest absolute Gasteiger partial charge is 0.497 e. The lowest BCUT2D eigenvalue weighted by molar-refractivity contribution is -0.121. The zero-order valence-corrected chi connectivity index (χ0v) is 14.9. The van der Waals surface area contributed by atoms with Gasteiger partial charge in [-0.05, 0) is 48.4 Å². The Morgan fingerprint density at radius 2 is 1.85 bits per heavy atom. The Labute approximate surface area is 156 Å². The minimum Gasteiger partial charge on any atom is -0.497 e. The van der Waals surface area contributed by atoms with Gasteiger partial charge in [0.25, 0.3) is 0 Å². The molecule has 0 aliphatic carbocycles. The second kappa shape index (κ2) is 8.93. The first-order chi connectivity index (χ1) is 13.1. The minimum atomic E-state index is -0.267. The summed E-state index contributed by atoms with van der Waals surface area (Å²) < 4.78 is 23.2. The molecule has 1 amide bonds. The SMILES string of the molecule is COc1ccc(-c2noc(CCC(=O)NCCc3ccc(F)cc3)n2)cc1. The molecule has 0 saturated heterocycles. The molecule has 0 aliphatic rings. The molecule has 2 aromatic carbocycles. The van der Waals surface area contributed by atoms with E-state index in [0.717, 1.165) is 16.9 Å². The summed E-state index contributed by atoms with van der Waals surface area (Å²) in [6.07, 6.45) is 1.27. The molecule has 0 atom stereocenters. The second-order valence-electron chi connectivity index (χ2n) is 5.97. The molecule has 27 heavy (non-hydrogen) atoms. The third kappa shape index (κ3) is 5.37. The summed E-state index contributed by atoms with van der Waals surface area (Å²) in [6, 6.07) is 13.6. The van der Waals surface area contributed by atoms with E-state index in [1.54, 1.807) is 19.2 Å². The van der Waals surface area contributed by atoms with Crippen LogP contribution in [0.25, 0.3) is 11.4 Å². The van der Waals surface area contributed by atoms with E-state index in [2.05, 4.69) is 15.5 Å². The van der Waals surface area contributed by atoms with Crippen molar-refractivity contribution in [1.29, 1.82) is 0 Å². The van der Waals surface area contributed by atoms with Crippen LogP contribution in [0.1, 0.15) is 17.9 Å². The summed E-state index contributed by atoms with van der Waals surface area (Å²) in [5, 5.41) is 6.77. The fraction of sp³-hybridized carbons (Fsp3) is 0.250. The molecular formula is C20H20FN3O3. The molecule has 3 rings (SSSR count). The number of nitrogens with one attached hydrogen (secondary N) is 1. The highest BCUT2D eigenvalue weighted by Gasteiger charge is 2.11. The molecule has 3 aromatic rings. The van der Waals surface area contributed by atoms with Crippen molar-refractivity contribution in [3.8, 4) is 17.1 Å². The summed E-state index contributed by atoms with van der Waals surface area (Å²) in [7, 11) is 1.60. The molecule has 0 spiro atoms. The number of aryl methyl sites for hydroxylation is 1. The Balaban J connectivity index is 1.43. The average molecular weight is 369 g/mol. The molecule has 1 aromatic heterocycles. The van der Waals surface area contributed by atoms with E-state index in [4.69, 9.17) is 9.26 Å². The minimum absolute atomic E-state index is 0.0960. The topological polar surface area (TPSA) is 77.2 Å². The highest BCUT2D eigenvalue weighted by atomic mass is 19.1. The monoisotopic (exact) mass is 369 g/mol. The predicted molar refractivity (Wildman–Crippen MR) is 97.7 cm³/mol. The van der Waals surface area contributed by atoms with E-state index in [1.807, 2.05) is 24.3 Å². The van der Waals surface area contributed by atoms with E-state index in [9.17, 15) is 9.18 Å². The Morgan fingerprint density at radius 3 is 2.56 bits per heavy atom. The maximum Gasteiger partial charge on any atom is 0.227 e. The van der Waals surface area contributed by atoms with Crippen LogP contribution in [0.2, 0.25) is 0 Å². The Bertz CT molecular complexity index is 876. The van der Waals surface area contributed by atoms with Crippen LogP contribution in [0.5, 0.6) is 5.75 Å². The van der Waals surface area contributed by atoms with Gasteiger partial charge in [-0.2, -0.15) is 4.98 Å². The Hall–Kier alpha value is -3.22. The van der Waals surface area contributed by atoms with Crippen molar-refractivity contribution in [3.63, 3.8) is 0 Å². The number of hydrogen-bond donors (Lipinski definition) is 1. The van der Waals surface area contributed by atoms with E-state index in [0.29, 0.717) is 31.1 Å². The fourth-order valence-electron chi connectivity index (χ4n) is 2.52. The Morgan fingerprint density at radius 1 is 1.11 bits per heavy atom. The zero-order valence-electron chi connectivity index (χ0n) is 14.9. The number of hydrogen-bond acceptors (Lipinski definition) is 5. The standard InChI is InChI=1S/C20H20FN3O3/c1-26-17-8-4-15(5-9-17)20-23-19(27-24-20)11-10-18(25)22-13-12-14-2-6-16(21)7-3-14/h2-9H,10-13H2,1H3,(H,22,25). The third-order valence-electron chi connectivity index (χ3n) is 4.03. The summed E-state index contributed by atoms with van der Waals surface area (Å²) in [6.45, 7) is 0.491. The van der Waals surface area contributed by atoms with Crippen LogP contribution in [-0.2, 0) is 17.6 Å². The number of halogens is 1. The first-order valence-electron chi connectivity index (χ1n) is 8.62. The lowest BCUT2D eigenvalue weighted by Crippen LogP contribution is -2.25. The zero-order chi connectivity index (χ0) is 19.1. The second-order valence-corrected chi connectivity index (χ2v) is 5.97. The number of amides is 1. The first kappa shape index (κ1) is 18.6. The molecule has 1 N–H and O–H groups in total. The van der Waals surface area contributed by atoms with Gasteiger partial charge in [-0.3, -0.25) is 4.79 Å². The van der Waals surface area contributed by atoms with Gasteiger partial charge in [0, 0.05) is 24.9 Å². The number of benzene rings is 2. The molecule has 0 bridgehead atoms. The summed E-state index contributed by atoms with van der Waals surface area (Å²) in [5.41, 5.74) is 1.78. The van der Waals surface area contributed by atoms with Crippen LogP contribution in [0.15, 0.2) is 53.1 Å². The fourth-order valence-corrected chi connectivity index (χ4v) is 2.52. The maximum absolute atomic E-state index is 12.8. The van der Waals surface area contributed by atoms with Gasteiger partial charge in [0.2, 0.25) is 17.6 Å². The lowest BCUT2D eigenvalue weighted by atomic mass is 10.1. The first-order valence-corrected chi connectivity index (χ1v) is 8.62. The van der Waals surface area contributed by atoms with Crippen LogP contribution in [-0.4, -0.2) is 29.7 Å². The number of ether oxygens (including phenoxy) is 1. The number of methoxy groups -OCH3 is 1. The van der Waals surface area contributed by atoms with Crippen molar-refractivity contribution in [1.82, 2.24) is 15.5 Å². The molecular weight excluding hydrogens is 349 g/mol. The Kier molecular flexibility index (Phi) is 6.14. The third-order valence-corrected chi connectivity index (χ3v) is 4.03. The number of carbonyl (C=O) groups is 1. The van der Waals surface area contributed by atoms with E-state index in [-0.39, 0.29) is 18.1 Å². The van der Waals surface area contributed by atoms with Crippen molar-refractivity contribution in [3.05, 3.63) is 65.8 Å². The summed E-state index contributed by atoms with van der Waals surface area (Å²) in [5.74, 6) is 1.27. The van der Waals surface area contributed by atoms with Crippen LogP contribution >= 0.6 is 0 Å². The molecule has 0 fully saturated rings. The van der Waals surface area contributed by atoms with Gasteiger partial charge in [-0.15, -0.1) is 0 Å². The van der Waals surface area contributed by atoms with Crippen molar-refractivity contribution < 1.29 is 18.4 Å². The van der Waals surface area contributed by atoms with Gasteiger partial charge in [0.15, 0.2) is 0 Å². The van der Waals surface area contributed by atoms with Crippen LogP contribution in [0.4, 0.5) is 4.39 Å². The van der Waals surface area contributed by atoms with Gasteiger partial charge < -0.3 is 14.6 Å². The quantitative estimate of drug-likeness (QED) is 0.660. The van der Waals surface area contributed by atoms with Gasteiger partial charge in [0.1, 0.15) is 11.6 Å². The molecule has 6 nitrogen and oxygen atoms in total. The van der Waals surface area contributed by atoms with Crippen LogP contribution in [0.3, 0.4) is 0 Å². The van der Waals surface area contributed by atoms with Crippen LogP contribution in [0, 0.1) is 5.82 Å². The van der Waals surface area contributed by atoms with E-state index < -0.39 is 0 Å². The van der Waals surface area contributed by atoms with Crippen molar-refractivity contribution in [2.75, 3.05) is 13.7 Å². The smallest absolute Gasteiger partial charge is 0.227 e. The molecule has 0 unspecified atom stereocenters. The van der Waals surface area contributed by atoms with Crippen molar-refractivity contribution in [2.45, 2.75) is 19.3 Å². The molecule has 0 aliphatic heterocycles.